The molecule has 1 aromatic rings. The normalized spacial score (nSPS) is 24.4. The highest BCUT2D eigenvalue weighted by Crippen LogP contribution is 2.33. The Bertz CT molecular complexity index is 421. The van der Waals surface area contributed by atoms with Crippen LogP contribution >= 0.6 is 0 Å². The first-order valence-corrected chi connectivity index (χ1v) is 7.13. The minimum absolute atomic E-state index is 0.269. The maximum atomic E-state index is 13.7. The van der Waals surface area contributed by atoms with Crippen molar-refractivity contribution in [2.75, 3.05) is 14.2 Å². The Morgan fingerprint density at radius 3 is 2.74 bits per heavy atom. The van der Waals surface area contributed by atoms with E-state index in [2.05, 4.69) is 12.2 Å². The van der Waals surface area contributed by atoms with E-state index in [1.54, 1.807) is 12.1 Å². The molecule has 1 aliphatic rings. The zero-order chi connectivity index (χ0) is 13.8. The van der Waals surface area contributed by atoms with Crippen molar-refractivity contribution in [3.8, 4) is 5.75 Å². The third-order valence-electron chi connectivity index (χ3n) is 4.35. The lowest BCUT2D eigenvalue weighted by Gasteiger charge is -2.23. The summed E-state index contributed by atoms with van der Waals surface area (Å²) >= 11 is 0. The summed E-state index contributed by atoms with van der Waals surface area (Å²) in [5.74, 6) is 1.59. The summed E-state index contributed by atoms with van der Waals surface area (Å²) in [6, 6.07) is 5.72. The smallest absolute Gasteiger partial charge is 0.165 e. The number of halogens is 1. The number of nitrogens with one attached hydrogen (secondary N) is 1. The summed E-state index contributed by atoms with van der Waals surface area (Å²) in [6.45, 7) is 2.32. The molecule has 0 bridgehead atoms. The molecular formula is C16H24FNO. The molecule has 3 atom stereocenters. The van der Waals surface area contributed by atoms with Crippen molar-refractivity contribution in [1.29, 1.82) is 0 Å². The van der Waals surface area contributed by atoms with Crippen molar-refractivity contribution < 1.29 is 9.13 Å². The average Bonchev–Trinajstić information content (AvgIpc) is 2.82. The van der Waals surface area contributed by atoms with E-state index in [0.717, 1.165) is 17.9 Å². The van der Waals surface area contributed by atoms with Crippen molar-refractivity contribution in [2.24, 2.45) is 11.8 Å². The monoisotopic (exact) mass is 265 g/mol. The molecule has 0 spiro atoms. The van der Waals surface area contributed by atoms with Gasteiger partial charge in [0.05, 0.1) is 7.11 Å². The van der Waals surface area contributed by atoms with Crippen LogP contribution in [-0.4, -0.2) is 20.2 Å². The maximum absolute atomic E-state index is 13.7. The van der Waals surface area contributed by atoms with Crippen LogP contribution in [0.25, 0.3) is 0 Å². The number of hydrogen-bond donors (Lipinski definition) is 1. The fraction of sp³-hybridized carbons (Fsp3) is 0.625. The standard InChI is InChI=1S/C16H24FNO/c1-11-4-6-13(8-11)15(18-2)10-12-5-7-16(19-3)14(17)9-12/h5,7,9,11,13,15,18H,4,6,8,10H2,1-3H3. The number of methoxy groups -OCH3 is 1. The number of hydrogen-bond acceptors (Lipinski definition) is 2. The zero-order valence-electron chi connectivity index (χ0n) is 12.1. The summed E-state index contributed by atoms with van der Waals surface area (Å²) in [5.41, 5.74) is 1.04. The minimum Gasteiger partial charge on any atom is -0.494 e. The van der Waals surface area contributed by atoms with E-state index in [-0.39, 0.29) is 5.82 Å². The fourth-order valence-electron chi connectivity index (χ4n) is 3.21. The van der Waals surface area contributed by atoms with E-state index in [0.29, 0.717) is 17.7 Å². The lowest BCUT2D eigenvalue weighted by Crippen LogP contribution is -2.34. The van der Waals surface area contributed by atoms with Crippen LogP contribution in [0.4, 0.5) is 4.39 Å². The summed E-state index contributed by atoms with van der Waals surface area (Å²) in [5, 5.41) is 3.41. The van der Waals surface area contributed by atoms with Crippen LogP contribution in [0.2, 0.25) is 0 Å². The Morgan fingerprint density at radius 1 is 1.42 bits per heavy atom. The summed E-state index contributed by atoms with van der Waals surface area (Å²) in [6.07, 6.45) is 4.77. The second-order valence-corrected chi connectivity index (χ2v) is 5.75. The number of rotatable bonds is 5. The number of likely N-dealkylation sites (N-methyl/N-ethyl adjacent to an activating group) is 1. The highest BCUT2D eigenvalue weighted by atomic mass is 19.1. The second-order valence-electron chi connectivity index (χ2n) is 5.75. The molecule has 0 heterocycles. The Balaban J connectivity index is 2.03. The van der Waals surface area contributed by atoms with Crippen LogP contribution in [0.5, 0.6) is 5.75 Å². The van der Waals surface area contributed by atoms with Gasteiger partial charge in [-0.2, -0.15) is 0 Å². The molecule has 2 nitrogen and oxygen atoms in total. The highest BCUT2D eigenvalue weighted by molar-refractivity contribution is 5.29. The van der Waals surface area contributed by atoms with Crippen LogP contribution in [0.3, 0.4) is 0 Å². The Kier molecular flexibility index (Phi) is 4.81. The Labute approximate surface area is 115 Å². The van der Waals surface area contributed by atoms with Crippen molar-refractivity contribution in [1.82, 2.24) is 5.32 Å². The van der Waals surface area contributed by atoms with Crippen LogP contribution in [-0.2, 0) is 6.42 Å². The van der Waals surface area contributed by atoms with Crippen LogP contribution in [0, 0.1) is 17.7 Å². The molecular weight excluding hydrogens is 241 g/mol. The lowest BCUT2D eigenvalue weighted by atomic mass is 9.91. The van der Waals surface area contributed by atoms with Gasteiger partial charge in [0.1, 0.15) is 0 Å². The molecule has 0 aromatic heterocycles. The van der Waals surface area contributed by atoms with Crippen LogP contribution in [0.15, 0.2) is 18.2 Å². The summed E-state index contributed by atoms with van der Waals surface area (Å²) in [7, 11) is 3.50. The quantitative estimate of drug-likeness (QED) is 0.881. The van der Waals surface area contributed by atoms with Gasteiger partial charge in [-0.15, -0.1) is 0 Å². The first kappa shape index (κ1) is 14.3. The van der Waals surface area contributed by atoms with Crippen LogP contribution < -0.4 is 10.1 Å². The molecule has 1 fully saturated rings. The van der Waals surface area contributed by atoms with Gasteiger partial charge in [0.25, 0.3) is 0 Å². The molecule has 106 valence electrons. The van der Waals surface area contributed by atoms with Crippen LogP contribution in [0.1, 0.15) is 31.7 Å². The SMILES string of the molecule is CNC(Cc1ccc(OC)c(F)c1)C1CCC(C)C1. The van der Waals surface area contributed by atoms with E-state index >= 15 is 0 Å². The first-order chi connectivity index (χ1) is 9.13. The van der Waals surface area contributed by atoms with Gasteiger partial charge in [-0.3, -0.25) is 0 Å². The summed E-state index contributed by atoms with van der Waals surface area (Å²) in [4.78, 5) is 0. The van der Waals surface area contributed by atoms with Gasteiger partial charge in [-0.25, -0.2) is 4.39 Å². The maximum Gasteiger partial charge on any atom is 0.165 e. The van der Waals surface area contributed by atoms with Gasteiger partial charge < -0.3 is 10.1 Å². The summed E-state index contributed by atoms with van der Waals surface area (Å²) < 4.78 is 18.7. The van der Waals surface area contributed by atoms with Gasteiger partial charge in [-0.1, -0.05) is 19.4 Å². The van der Waals surface area contributed by atoms with Gasteiger partial charge in [0, 0.05) is 6.04 Å². The van der Waals surface area contributed by atoms with E-state index in [9.17, 15) is 4.39 Å². The Morgan fingerprint density at radius 2 is 2.21 bits per heavy atom. The largest absolute Gasteiger partial charge is 0.494 e. The molecule has 2 rings (SSSR count). The zero-order valence-corrected chi connectivity index (χ0v) is 12.1. The molecule has 0 saturated heterocycles. The highest BCUT2D eigenvalue weighted by Gasteiger charge is 2.28. The number of ether oxygens (including phenoxy) is 1. The molecule has 1 aromatic carbocycles. The minimum atomic E-state index is -0.269. The fourth-order valence-corrected chi connectivity index (χ4v) is 3.21. The van der Waals surface area contributed by atoms with Crippen molar-refractivity contribution in [3.05, 3.63) is 29.6 Å². The molecule has 3 heteroatoms. The third-order valence-corrected chi connectivity index (χ3v) is 4.35. The molecule has 1 N–H and O–H groups in total. The predicted molar refractivity (Wildman–Crippen MR) is 76.0 cm³/mol. The lowest BCUT2D eigenvalue weighted by molar-refractivity contribution is 0.365. The van der Waals surface area contributed by atoms with Gasteiger partial charge in [-0.05, 0) is 55.8 Å². The first-order valence-electron chi connectivity index (χ1n) is 7.13. The van der Waals surface area contributed by atoms with Crippen molar-refractivity contribution >= 4 is 0 Å². The third kappa shape index (κ3) is 3.47. The molecule has 0 amide bonds. The predicted octanol–water partition coefficient (Wildman–Crippen LogP) is 3.40. The molecule has 0 radical (unpaired) electrons. The van der Waals surface area contributed by atoms with Gasteiger partial charge in [0.2, 0.25) is 0 Å². The van der Waals surface area contributed by atoms with E-state index in [1.807, 2.05) is 13.1 Å². The Hall–Kier alpha value is -1.09. The molecule has 1 saturated carbocycles. The van der Waals surface area contributed by atoms with Gasteiger partial charge >= 0.3 is 0 Å². The van der Waals surface area contributed by atoms with E-state index in [1.165, 1.54) is 26.4 Å². The average molecular weight is 265 g/mol. The van der Waals surface area contributed by atoms with Crippen molar-refractivity contribution in [2.45, 2.75) is 38.6 Å². The van der Waals surface area contributed by atoms with E-state index in [4.69, 9.17) is 4.74 Å². The van der Waals surface area contributed by atoms with Crippen molar-refractivity contribution in [3.63, 3.8) is 0 Å². The molecule has 0 aliphatic heterocycles. The topological polar surface area (TPSA) is 21.3 Å². The molecule has 1 aliphatic carbocycles. The molecule has 3 unspecified atom stereocenters. The van der Waals surface area contributed by atoms with Gasteiger partial charge in [0.15, 0.2) is 11.6 Å². The van der Waals surface area contributed by atoms with E-state index < -0.39 is 0 Å². The second kappa shape index (κ2) is 6.38. The number of benzene rings is 1. The molecule has 19 heavy (non-hydrogen) atoms.